The molecule has 0 saturated carbocycles. The molecule has 0 amide bonds. The summed E-state index contributed by atoms with van der Waals surface area (Å²) >= 11 is 0. The van der Waals surface area contributed by atoms with Crippen molar-refractivity contribution in [1.29, 1.82) is 0 Å². The van der Waals surface area contributed by atoms with Crippen LogP contribution in [0.1, 0.15) is 51.9 Å². The Morgan fingerprint density at radius 1 is 1.18 bits per heavy atom. The molecule has 0 aliphatic heterocycles. The van der Waals surface area contributed by atoms with Gasteiger partial charge in [-0.25, -0.2) is 0 Å². The standard InChI is InChI=1S/C13H22O4/c1-2-3-4-5-6-7-8-11(13(16)17)9-10-12(14)15/h7-8,11H,2-6,9-10H2,1H3,(H,14,15)(H,16,17). The second-order valence-electron chi connectivity index (χ2n) is 4.15. The summed E-state index contributed by atoms with van der Waals surface area (Å²) in [4.78, 5) is 21.2. The maximum atomic E-state index is 10.8. The van der Waals surface area contributed by atoms with Gasteiger partial charge in [-0.3, -0.25) is 9.59 Å². The van der Waals surface area contributed by atoms with Gasteiger partial charge in [0.25, 0.3) is 0 Å². The first-order valence-electron chi connectivity index (χ1n) is 6.19. The van der Waals surface area contributed by atoms with Crippen molar-refractivity contribution in [2.75, 3.05) is 0 Å². The molecule has 0 rings (SSSR count). The van der Waals surface area contributed by atoms with Crippen LogP contribution in [0, 0.1) is 5.92 Å². The van der Waals surface area contributed by atoms with E-state index in [9.17, 15) is 9.59 Å². The third-order valence-electron chi connectivity index (χ3n) is 2.58. The Morgan fingerprint density at radius 2 is 1.88 bits per heavy atom. The lowest BCUT2D eigenvalue weighted by Gasteiger charge is -2.04. The van der Waals surface area contributed by atoms with Gasteiger partial charge < -0.3 is 10.2 Å². The van der Waals surface area contributed by atoms with E-state index < -0.39 is 17.9 Å². The zero-order valence-corrected chi connectivity index (χ0v) is 10.4. The molecule has 98 valence electrons. The van der Waals surface area contributed by atoms with Gasteiger partial charge in [0, 0.05) is 6.42 Å². The lowest BCUT2D eigenvalue weighted by Crippen LogP contribution is -2.12. The highest BCUT2D eigenvalue weighted by molar-refractivity contribution is 5.73. The van der Waals surface area contributed by atoms with E-state index in [4.69, 9.17) is 10.2 Å². The fourth-order valence-electron chi connectivity index (χ4n) is 1.53. The van der Waals surface area contributed by atoms with E-state index in [-0.39, 0.29) is 12.8 Å². The molecule has 0 aromatic rings. The predicted molar refractivity (Wildman–Crippen MR) is 65.9 cm³/mol. The molecule has 0 aromatic heterocycles. The highest BCUT2D eigenvalue weighted by Gasteiger charge is 2.14. The Kier molecular flexibility index (Phi) is 9.11. The molecule has 4 heteroatoms. The van der Waals surface area contributed by atoms with Gasteiger partial charge in [0.05, 0.1) is 5.92 Å². The Labute approximate surface area is 102 Å². The molecule has 0 aliphatic carbocycles. The second kappa shape index (κ2) is 9.87. The molecule has 4 nitrogen and oxygen atoms in total. The average molecular weight is 242 g/mol. The van der Waals surface area contributed by atoms with Gasteiger partial charge in [0.15, 0.2) is 0 Å². The summed E-state index contributed by atoms with van der Waals surface area (Å²) in [6, 6.07) is 0. The Hall–Kier alpha value is -1.32. The molecule has 0 bridgehead atoms. The van der Waals surface area contributed by atoms with E-state index in [2.05, 4.69) is 6.92 Å². The van der Waals surface area contributed by atoms with E-state index in [0.717, 1.165) is 19.3 Å². The lowest BCUT2D eigenvalue weighted by atomic mass is 10.0. The third kappa shape index (κ3) is 9.60. The molecule has 0 spiro atoms. The molecule has 0 fully saturated rings. The van der Waals surface area contributed by atoms with Crippen molar-refractivity contribution >= 4 is 11.9 Å². The fraction of sp³-hybridized carbons (Fsp3) is 0.692. The quantitative estimate of drug-likeness (QED) is 0.456. The molecule has 0 heterocycles. The van der Waals surface area contributed by atoms with Crippen molar-refractivity contribution in [3.8, 4) is 0 Å². The van der Waals surface area contributed by atoms with Gasteiger partial charge in [-0.1, -0.05) is 38.3 Å². The Morgan fingerprint density at radius 3 is 2.41 bits per heavy atom. The number of unbranched alkanes of at least 4 members (excludes halogenated alkanes) is 4. The number of allylic oxidation sites excluding steroid dienone is 1. The molecule has 1 atom stereocenters. The summed E-state index contributed by atoms with van der Waals surface area (Å²) in [6.07, 6.45) is 9.02. The van der Waals surface area contributed by atoms with Crippen LogP contribution in [0.4, 0.5) is 0 Å². The first-order valence-corrected chi connectivity index (χ1v) is 6.19. The molecule has 0 saturated heterocycles. The van der Waals surface area contributed by atoms with Crippen molar-refractivity contribution in [2.24, 2.45) is 5.92 Å². The molecule has 1 unspecified atom stereocenters. The second-order valence-corrected chi connectivity index (χ2v) is 4.15. The number of aliphatic carboxylic acids is 2. The maximum Gasteiger partial charge on any atom is 0.310 e. The Balaban J connectivity index is 3.86. The number of hydrogen-bond acceptors (Lipinski definition) is 2. The van der Waals surface area contributed by atoms with E-state index in [1.807, 2.05) is 6.08 Å². The highest BCUT2D eigenvalue weighted by atomic mass is 16.4. The first kappa shape index (κ1) is 15.7. The van der Waals surface area contributed by atoms with Gasteiger partial charge in [-0.2, -0.15) is 0 Å². The number of carbonyl (C=O) groups is 2. The van der Waals surface area contributed by atoms with Crippen LogP contribution < -0.4 is 0 Å². The zero-order valence-electron chi connectivity index (χ0n) is 10.4. The van der Waals surface area contributed by atoms with E-state index >= 15 is 0 Å². The van der Waals surface area contributed by atoms with E-state index in [1.54, 1.807) is 6.08 Å². The van der Waals surface area contributed by atoms with E-state index in [1.165, 1.54) is 12.8 Å². The minimum atomic E-state index is -0.951. The lowest BCUT2D eigenvalue weighted by molar-refractivity contribution is -0.141. The van der Waals surface area contributed by atoms with Crippen molar-refractivity contribution in [2.45, 2.75) is 51.9 Å². The summed E-state index contributed by atoms with van der Waals surface area (Å²) < 4.78 is 0. The number of hydrogen-bond donors (Lipinski definition) is 2. The molecule has 0 radical (unpaired) electrons. The monoisotopic (exact) mass is 242 g/mol. The summed E-state index contributed by atoms with van der Waals surface area (Å²) in [5.41, 5.74) is 0. The van der Waals surface area contributed by atoms with Crippen LogP contribution in [-0.2, 0) is 9.59 Å². The van der Waals surface area contributed by atoms with Crippen molar-refractivity contribution in [3.05, 3.63) is 12.2 Å². The molecule has 0 aromatic carbocycles. The summed E-state index contributed by atoms with van der Waals surface area (Å²) in [5.74, 6) is -2.57. The maximum absolute atomic E-state index is 10.8. The summed E-state index contributed by atoms with van der Waals surface area (Å²) in [6.45, 7) is 2.14. The van der Waals surface area contributed by atoms with Gasteiger partial charge in [-0.15, -0.1) is 0 Å². The summed E-state index contributed by atoms with van der Waals surface area (Å²) in [7, 11) is 0. The van der Waals surface area contributed by atoms with E-state index in [0.29, 0.717) is 0 Å². The van der Waals surface area contributed by atoms with Crippen LogP contribution in [0.25, 0.3) is 0 Å². The van der Waals surface area contributed by atoms with Crippen LogP contribution in [0.3, 0.4) is 0 Å². The molecule has 17 heavy (non-hydrogen) atoms. The summed E-state index contributed by atoms with van der Waals surface area (Å²) in [5, 5.41) is 17.4. The number of carboxylic acid groups (broad SMARTS) is 2. The normalized spacial score (nSPS) is 12.8. The SMILES string of the molecule is CCCCCCC=CC(CCC(=O)O)C(=O)O. The van der Waals surface area contributed by atoms with Crippen LogP contribution in [0.2, 0.25) is 0 Å². The molecular weight excluding hydrogens is 220 g/mol. The minimum absolute atomic E-state index is 0.100. The van der Waals surface area contributed by atoms with Crippen LogP contribution in [-0.4, -0.2) is 22.2 Å². The smallest absolute Gasteiger partial charge is 0.310 e. The zero-order chi connectivity index (χ0) is 13.1. The van der Waals surface area contributed by atoms with Crippen LogP contribution >= 0.6 is 0 Å². The van der Waals surface area contributed by atoms with Gasteiger partial charge in [0.1, 0.15) is 0 Å². The number of rotatable bonds is 10. The fourth-order valence-corrected chi connectivity index (χ4v) is 1.53. The first-order chi connectivity index (χ1) is 8.07. The molecular formula is C13H22O4. The largest absolute Gasteiger partial charge is 0.481 e. The topological polar surface area (TPSA) is 74.6 Å². The Bertz CT molecular complexity index is 258. The molecule has 0 aliphatic rings. The minimum Gasteiger partial charge on any atom is -0.481 e. The van der Waals surface area contributed by atoms with Crippen LogP contribution in [0.15, 0.2) is 12.2 Å². The number of carboxylic acids is 2. The average Bonchev–Trinajstić information content (AvgIpc) is 2.26. The van der Waals surface area contributed by atoms with Crippen molar-refractivity contribution < 1.29 is 19.8 Å². The van der Waals surface area contributed by atoms with Gasteiger partial charge in [0.2, 0.25) is 0 Å². The molecule has 2 N–H and O–H groups in total. The van der Waals surface area contributed by atoms with Gasteiger partial charge in [-0.05, 0) is 19.3 Å². The predicted octanol–water partition coefficient (Wildman–Crippen LogP) is 3.08. The van der Waals surface area contributed by atoms with Gasteiger partial charge >= 0.3 is 11.9 Å². The van der Waals surface area contributed by atoms with Crippen LogP contribution in [0.5, 0.6) is 0 Å². The highest BCUT2D eigenvalue weighted by Crippen LogP contribution is 2.11. The third-order valence-corrected chi connectivity index (χ3v) is 2.58. The van der Waals surface area contributed by atoms with Crippen molar-refractivity contribution in [3.63, 3.8) is 0 Å². The van der Waals surface area contributed by atoms with Crippen molar-refractivity contribution in [1.82, 2.24) is 0 Å².